The van der Waals surface area contributed by atoms with Gasteiger partial charge in [-0.15, -0.1) is 5.10 Å². The lowest BCUT2D eigenvalue weighted by atomic mass is 10.1. The maximum atomic E-state index is 12.4. The van der Waals surface area contributed by atoms with Crippen LogP contribution in [0.5, 0.6) is 0 Å². The summed E-state index contributed by atoms with van der Waals surface area (Å²) in [7, 11) is 0. The van der Waals surface area contributed by atoms with E-state index < -0.39 is 11.7 Å². The molecule has 5 nitrogen and oxygen atoms in total. The predicted molar refractivity (Wildman–Crippen MR) is 64.9 cm³/mol. The average molecular weight is 284 g/mol. The molecular weight excluding hydrogens is 273 g/mol. The third-order valence-electron chi connectivity index (χ3n) is 2.47. The van der Waals surface area contributed by atoms with Gasteiger partial charge in [0.05, 0.1) is 18.3 Å². The Morgan fingerprint density at radius 1 is 1.30 bits per heavy atom. The number of amides is 1. The van der Waals surface area contributed by atoms with Crippen LogP contribution in [-0.4, -0.2) is 20.9 Å². The van der Waals surface area contributed by atoms with Crippen molar-refractivity contribution in [3.05, 3.63) is 41.6 Å². The number of benzene rings is 1. The Balaban J connectivity index is 2.06. The molecular formula is C12H11F3N4O. The fourth-order valence-corrected chi connectivity index (χ4v) is 1.60. The van der Waals surface area contributed by atoms with Gasteiger partial charge in [0.15, 0.2) is 5.82 Å². The molecule has 1 N–H and O–H groups in total. The molecule has 1 heterocycles. The average Bonchev–Trinajstić information content (AvgIpc) is 2.75. The highest BCUT2D eigenvalue weighted by Crippen LogP contribution is 2.29. The van der Waals surface area contributed by atoms with Gasteiger partial charge in [-0.25, -0.2) is 4.68 Å². The number of carbonyl (C=O) groups is 1. The minimum Gasteiger partial charge on any atom is -0.308 e. The Morgan fingerprint density at radius 2 is 1.95 bits per heavy atom. The minimum atomic E-state index is -4.34. The SMILES string of the molecule is CC(=O)Nc1cn(Cc2ccc(C(F)(F)F)cc2)nn1. The normalized spacial score (nSPS) is 11.4. The Bertz CT molecular complexity index is 604. The first-order valence-electron chi connectivity index (χ1n) is 5.68. The van der Waals surface area contributed by atoms with Crippen LogP contribution in [0.15, 0.2) is 30.5 Å². The summed E-state index contributed by atoms with van der Waals surface area (Å²) in [5, 5.41) is 9.93. The maximum absolute atomic E-state index is 12.4. The van der Waals surface area contributed by atoms with Gasteiger partial charge < -0.3 is 5.32 Å². The largest absolute Gasteiger partial charge is 0.416 e. The molecule has 2 rings (SSSR count). The predicted octanol–water partition coefficient (Wildman–Crippen LogP) is 2.30. The second kappa shape index (κ2) is 5.32. The molecule has 1 amide bonds. The zero-order valence-electron chi connectivity index (χ0n) is 10.5. The van der Waals surface area contributed by atoms with Crippen molar-refractivity contribution in [2.45, 2.75) is 19.6 Å². The smallest absolute Gasteiger partial charge is 0.308 e. The Hall–Kier alpha value is -2.38. The molecule has 0 unspecified atom stereocenters. The monoisotopic (exact) mass is 284 g/mol. The summed E-state index contributed by atoms with van der Waals surface area (Å²) in [5.41, 5.74) is -0.0453. The van der Waals surface area contributed by atoms with Gasteiger partial charge in [-0.1, -0.05) is 17.3 Å². The van der Waals surface area contributed by atoms with Crippen molar-refractivity contribution >= 4 is 11.7 Å². The summed E-state index contributed by atoms with van der Waals surface area (Å²) in [6.07, 6.45) is -2.84. The molecule has 0 aliphatic rings. The second-order valence-electron chi connectivity index (χ2n) is 4.18. The lowest BCUT2D eigenvalue weighted by molar-refractivity contribution is -0.137. The number of alkyl halides is 3. The summed E-state index contributed by atoms with van der Waals surface area (Å²) < 4.78 is 38.6. The molecule has 0 saturated heterocycles. The molecule has 0 fully saturated rings. The zero-order valence-corrected chi connectivity index (χ0v) is 10.5. The number of aromatic nitrogens is 3. The number of hydrogen-bond donors (Lipinski definition) is 1. The van der Waals surface area contributed by atoms with Crippen LogP contribution in [0.25, 0.3) is 0 Å². The standard InChI is InChI=1S/C12H11F3N4O/c1-8(20)16-11-7-19(18-17-11)6-9-2-4-10(5-3-9)12(13,14)15/h2-5,7H,6H2,1H3,(H,16,20). The van der Waals surface area contributed by atoms with Crippen LogP contribution in [0.3, 0.4) is 0 Å². The number of carbonyl (C=O) groups excluding carboxylic acids is 1. The lowest BCUT2D eigenvalue weighted by Gasteiger charge is -2.07. The molecule has 20 heavy (non-hydrogen) atoms. The van der Waals surface area contributed by atoms with E-state index in [1.165, 1.54) is 29.9 Å². The molecule has 106 valence electrons. The fourth-order valence-electron chi connectivity index (χ4n) is 1.60. The van der Waals surface area contributed by atoms with Gasteiger partial charge in [0, 0.05) is 6.92 Å². The van der Waals surface area contributed by atoms with E-state index in [2.05, 4.69) is 15.6 Å². The van der Waals surface area contributed by atoms with E-state index in [1.54, 1.807) is 0 Å². The summed E-state index contributed by atoms with van der Waals surface area (Å²) in [6, 6.07) is 4.78. The Kier molecular flexibility index (Phi) is 3.73. The van der Waals surface area contributed by atoms with Gasteiger partial charge in [-0.05, 0) is 17.7 Å². The van der Waals surface area contributed by atoms with Gasteiger partial charge in [0.2, 0.25) is 5.91 Å². The molecule has 0 radical (unpaired) electrons. The van der Waals surface area contributed by atoms with Crippen molar-refractivity contribution in [2.24, 2.45) is 0 Å². The molecule has 0 aliphatic carbocycles. The number of rotatable bonds is 3. The van der Waals surface area contributed by atoms with Crippen LogP contribution >= 0.6 is 0 Å². The van der Waals surface area contributed by atoms with Crippen molar-refractivity contribution in [1.29, 1.82) is 0 Å². The van der Waals surface area contributed by atoms with Crippen molar-refractivity contribution in [1.82, 2.24) is 15.0 Å². The third kappa shape index (κ3) is 3.56. The number of anilines is 1. The summed E-state index contributed by atoms with van der Waals surface area (Å²) >= 11 is 0. The third-order valence-corrected chi connectivity index (χ3v) is 2.47. The lowest BCUT2D eigenvalue weighted by Crippen LogP contribution is -2.06. The molecule has 1 aromatic carbocycles. The number of hydrogen-bond acceptors (Lipinski definition) is 3. The first-order valence-corrected chi connectivity index (χ1v) is 5.68. The topological polar surface area (TPSA) is 59.8 Å². The van der Waals surface area contributed by atoms with Crippen LogP contribution < -0.4 is 5.32 Å². The summed E-state index contributed by atoms with van der Waals surface area (Å²) in [6.45, 7) is 1.61. The van der Waals surface area contributed by atoms with E-state index in [4.69, 9.17) is 0 Å². The molecule has 0 aliphatic heterocycles. The second-order valence-corrected chi connectivity index (χ2v) is 4.18. The van der Waals surface area contributed by atoms with E-state index in [1.807, 2.05) is 0 Å². The van der Waals surface area contributed by atoms with Gasteiger partial charge in [0.25, 0.3) is 0 Å². The first kappa shape index (κ1) is 14.0. The van der Waals surface area contributed by atoms with Crippen molar-refractivity contribution in [2.75, 3.05) is 5.32 Å². The van der Waals surface area contributed by atoms with E-state index >= 15 is 0 Å². The molecule has 0 atom stereocenters. The highest BCUT2D eigenvalue weighted by Gasteiger charge is 2.29. The van der Waals surface area contributed by atoms with Gasteiger partial charge in [-0.3, -0.25) is 4.79 Å². The number of halogens is 3. The van der Waals surface area contributed by atoms with E-state index in [0.29, 0.717) is 11.4 Å². The van der Waals surface area contributed by atoms with E-state index in [9.17, 15) is 18.0 Å². The van der Waals surface area contributed by atoms with Gasteiger partial charge in [-0.2, -0.15) is 13.2 Å². The minimum absolute atomic E-state index is 0.269. The van der Waals surface area contributed by atoms with E-state index in [0.717, 1.165) is 12.1 Å². The Morgan fingerprint density at radius 3 is 2.50 bits per heavy atom. The van der Waals surface area contributed by atoms with Crippen molar-refractivity contribution < 1.29 is 18.0 Å². The highest BCUT2D eigenvalue weighted by atomic mass is 19.4. The highest BCUT2D eigenvalue weighted by molar-refractivity contribution is 5.87. The molecule has 2 aromatic rings. The number of nitrogens with one attached hydrogen (secondary N) is 1. The quantitative estimate of drug-likeness (QED) is 0.940. The number of nitrogens with zero attached hydrogens (tertiary/aromatic N) is 3. The zero-order chi connectivity index (χ0) is 14.8. The molecule has 0 spiro atoms. The maximum Gasteiger partial charge on any atom is 0.416 e. The van der Waals surface area contributed by atoms with Gasteiger partial charge in [0.1, 0.15) is 0 Å². The van der Waals surface area contributed by atoms with Crippen LogP contribution in [-0.2, 0) is 17.5 Å². The van der Waals surface area contributed by atoms with Gasteiger partial charge >= 0.3 is 6.18 Å². The molecule has 0 bridgehead atoms. The molecule has 0 saturated carbocycles. The van der Waals surface area contributed by atoms with Crippen molar-refractivity contribution in [3.8, 4) is 0 Å². The van der Waals surface area contributed by atoms with Crippen LogP contribution in [0.2, 0.25) is 0 Å². The first-order chi connectivity index (χ1) is 9.34. The fraction of sp³-hybridized carbons (Fsp3) is 0.250. The molecule has 1 aromatic heterocycles. The van der Waals surface area contributed by atoms with Crippen LogP contribution in [0.1, 0.15) is 18.1 Å². The van der Waals surface area contributed by atoms with Crippen LogP contribution in [0, 0.1) is 0 Å². The summed E-state index contributed by atoms with van der Waals surface area (Å²) in [5.74, 6) is 0.0241. The Labute approximate surface area is 112 Å². The van der Waals surface area contributed by atoms with Crippen molar-refractivity contribution in [3.63, 3.8) is 0 Å². The summed E-state index contributed by atoms with van der Waals surface area (Å²) in [4.78, 5) is 10.8. The molecule has 8 heteroatoms. The van der Waals surface area contributed by atoms with E-state index in [-0.39, 0.29) is 12.5 Å². The van der Waals surface area contributed by atoms with Crippen LogP contribution in [0.4, 0.5) is 19.0 Å².